The number of carboxylic acids is 2. The number of benzene rings is 4. The van der Waals surface area contributed by atoms with Gasteiger partial charge in [0.25, 0.3) is 17.3 Å². The molecule has 0 radical (unpaired) electrons. The first-order chi connectivity index (χ1) is 22.4. The lowest BCUT2D eigenvalue weighted by Gasteiger charge is -2.21. The summed E-state index contributed by atoms with van der Waals surface area (Å²) in [5, 5.41) is 55.3. The SMILES string of the molecule is CCc1cc(Cc2ccc(C(NO)c3c(C(=O)O)cccc3[N+](=O)[O-])c(CC)c2)ccc1NC(=O)c1c(C(=O)O)cccc1[N+](=O)[O-]. The van der Waals surface area contributed by atoms with Crippen molar-refractivity contribution in [3.8, 4) is 0 Å². The van der Waals surface area contributed by atoms with Gasteiger partial charge in [0, 0.05) is 17.8 Å². The number of nitrogens with one attached hydrogen (secondary N) is 2. The summed E-state index contributed by atoms with van der Waals surface area (Å²) in [6, 6.07) is 16.4. The Morgan fingerprint density at radius 3 is 1.87 bits per heavy atom. The van der Waals surface area contributed by atoms with Gasteiger partial charge in [-0.2, -0.15) is 5.48 Å². The number of nitro benzene ring substituents is 2. The second-order valence-corrected chi connectivity index (χ2v) is 10.5. The highest BCUT2D eigenvalue weighted by atomic mass is 16.6. The van der Waals surface area contributed by atoms with E-state index in [1.807, 2.05) is 26.0 Å². The molecule has 0 aliphatic heterocycles. The van der Waals surface area contributed by atoms with Crippen molar-refractivity contribution in [2.75, 3.05) is 5.32 Å². The molecular weight excluding hydrogens is 612 g/mol. The van der Waals surface area contributed by atoms with E-state index in [1.165, 1.54) is 24.3 Å². The summed E-state index contributed by atoms with van der Waals surface area (Å²) < 4.78 is 0. The second-order valence-electron chi connectivity index (χ2n) is 10.5. The number of amides is 1. The number of nitrogens with zero attached hydrogens (tertiary/aromatic N) is 2. The molecule has 47 heavy (non-hydrogen) atoms. The number of hydrogen-bond acceptors (Lipinski definition) is 9. The molecule has 4 aromatic rings. The number of carbonyl (C=O) groups excluding carboxylic acids is 1. The number of aromatic carboxylic acids is 2. The van der Waals surface area contributed by atoms with Gasteiger partial charge < -0.3 is 20.7 Å². The van der Waals surface area contributed by atoms with Gasteiger partial charge in [-0.05, 0) is 65.3 Å². The van der Waals surface area contributed by atoms with Crippen molar-refractivity contribution >= 4 is 34.9 Å². The molecule has 1 unspecified atom stereocenters. The van der Waals surface area contributed by atoms with Crippen LogP contribution in [0.15, 0.2) is 72.8 Å². The first kappa shape index (κ1) is 33.9. The van der Waals surface area contributed by atoms with Gasteiger partial charge in [0.15, 0.2) is 0 Å². The van der Waals surface area contributed by atoms with Crippen LogP contribution in [0.4, 0.5) is 17.1 Å². The van der Waals surface area contributed by atoms with E-state index in [2.05, 4.69) is 10.8 Å². The summed E-state index contributed by atoms with van der Waals surface area (Å²) in [6.45, 7) is 3.71. The lowest BCUT2D eigenvalue weighted by Crippen LogP contribution is -2.23. The van der Waals surface area contributed by atoms with E-state index in [1.54, 1.807) is 24.3 Å². The van der Waals surface area contributed by atoms with Crippen LogP contribution < -0.4 is 10.8 Å². The second kappa shape index (κ2) is 14.4. The van der Waals surface area contributed by atoms with Gasteiger partial charge in [-0.15, -0.1) is 0 Å². The van der Waals surface area contributed by atoms with Crippen LogP contribution >= 0.6 is 0 Å². The highest BCUT2D eigenvalue weighted by Gasteiger charge is 2.31. The number of aryl methyl sites for hydroxylation is 2. The molecule has 0 aliphatic carbocycles. The number of hydrogen-bond donors (Lipinski definition) is 5. The summed E-state index contributed by atoms with van der Waals surface area (Å²) in [6.07, 6.45) is 1.35. The molecule has 0 saturated carbocycles. The van der Waals surface area contributed by atoms with Crippen molar-refractivity contribution in [1.29, 1.82) is 0 Å². The average Bonchev–Trinajstić information content (AvgIpc) is 3.05. The Labute approximate surface area is 267 Å². The Morgan fingerprint density at radius 2 is 1.32 bits per heavy atom. The number of hydroxylamine groups is 1. The van der Waals surface area contributed by atoms with E-state index in [9.17, 15) is 50.0 Å². The van der Waals surface area contributed by atoms with E-state index in [-0.39, 0.29) is 11.1 Å². The molecule has 4 rings (SSSR count). The molecule has 0 fully saturated rings. The number of carboxylic acid groups (broad SMARTS) is 2. The Morgan fingerprint density at radius 1 is 0.766 bits per heavy atom. The molecule has 1 amide bonds. The van der Waals surface area contributed by atoms with Crippen molar-refractivity contribution in [3.63, 3.8) is 0 Å². The standard InChI is InChI=1S/C33H30N4O10/c1-3-20-16-18(11-13-22(20)30(35-43)28-23(32(39)40)7-5-9-26(28)36(44)45)15-19-12-14-25(21(4-2)17-19)34-31(38)29-24(33(41)42)8-6-10-27(29)37(46)47/h5-14,16-17,30,35,43H,3-4,15H2,1-2H3,(H,34,38)(H,39,40)(H,41,42). The first-order valence-corrected chi connectivity index (χ1v) is 14.4. The summed E-state index contributed by atoms with van der Waals surface area (Å²) >= 11 is 0. The molecule has 14 nitrogen and oxygen atoms in total. The number of nitro groups is 2. The van der Waals surface area contributed by atoms with Crippen LogP contribution in [-0.4, -0.2) is 43.1 Å². The normalized spacial score (nSPS) is 11.5. The third-order valence-corrected chi connectivity index (χ3v) is 7.73. The summed E-state index contributed by atoms with van der Waals surface area (Å²) in [4.78, 5) is 58.6. The number of rotatable bonds is 13. The quantitative estimate of drug-likeness (QED) is 0.0848. The molecular formula is C33H30N4O10. The predicted octanol–water partition coefficient (Wildman–Crippen LogP) is 5.94. The zero-order valence-corrected chi connectivity index (χ0v) is 25.2. The van der Waals surface area contributed by atoms with Crippen molar-refractivity contribution in [2.24, 2.45) is 0 Å². The van der Waals surface area contributed by atoms with Gasteiger partial charge in [0.1, 0.15) is 5.56 Å². The van der Waals surface area contributed by atoms with E-state index < -0.39 is 56.2 Å². The first-order valence-electron chi connectivity index (χ1n) is 14.4. The highest BCUT2D eigenvalue weighted by molar-refractivity contribution is 6.13. The topological polar surface area (TPSA) is 222 Å². The third kappa shape index (κ3) is 7.13. The average molecular weight is 643 g/mol. The minimum Gasteiger partial charge on any atom is -0.478 e. The van der Waals surface area contributed by atoms with Gasteiger partial charge in [0.2, 0.25) is 0 Å². The third-order valence-electron chi connectivity index (χ3n) is 7.73. The van der Waals surface area contributed by atoms with Gasteiger partial charge in [0.05, 0.1) is 32.6 Å². The molecule has 0 spiro atoms. The molecule has 0 heterocycles. The molecule has 0 bridgehead atoms. The van der Waals surface area contributed by atoms with E-state index >= 15 is 0 Å². The Hall–Kier alpha value is -5.99. The number of carbonyl (C=O) groups is 3. The molecule has 0 aromatic heterocycles. The largest absolute Gasteiger partial charge is 0.478 e. The van der Waals surface area contributed by atoms with Crippen LogP contribution in [0.25, 0.3) is 0 Å². The molecule has 1 atom stereocenters. The van der Waals surface area contributed by atoms with Crippen LogP contribution in [-0.2, 0) is 19.3 Å². The predicted molar refractivity (Wildman–Crippen MR) is 169 cm³/mol. The van der Waals surface area contributed by atoms with Crippen LogP contribution in [0, 0.1) is 20.2 Å². The summed E-state index contributed by atoms with van der Waals surface area (Å²) in [5.74, 6) is -3.79. The zero-order chi connectivity index (χ0) is 34.4. The Kier molecular flexibility index (Phi) is 10.4. The molecule has 5 N–H and O–H groups in total. The van der Waals surface area contributed by atoms with E-state index in [0.717, 1.165) is 23.3 Å². The lowest BCUT2D eigenvalue weighted by molar-refractivity contribution is -0.385. The van der Waals surface area contributed by atoms with Gasteiger partial charge in [-0.1, -0.05) is 56.3 Å². The van der Waals surface area contributed by atoms with Crippen molar-refractivity contribution in [1.82, 2.24) is 5.48 Å². The van der Waals surface area contributed by atoms with Crippen LogP contribution in [0.1, 0.15) is 84.3 Å². The van der Waals surface area contributed by atoms with Gasteiger partial charge >= 0.3 is 11.9 Å². The molecule has 0 aliphatic rings. The zero-order valence-electron chi connectivity index (χ0n) is 25.2. The maximum atomic E-state index is 13.1. The fraction of sp³-hybridized carbons (Fsp3) is 0.182. The van der Waals surface area contributed by atoms with Gasteiger partial charge in [-0.3, -0.25) is 25.0 Å². The minimum atomic E-state index is -1.48. The smallest absolute Gasteiger partial charge is 0.336 e. The maximum absolute atomic E-state index is 13.1. The van der Waals surface area contributed by atoms with Crippen molar-refractivity contribution in [2.45, 2.75) is 39.2 Å². The Balaban J connectivity index is 1.65. The van der Waals surface area contributed by atoms with E-state index in [0.29, 0.717) is 41.6 Å². The molecule has 242 valence electrons. The van der Waals surface area contributed by atoms with E-state index in [4.69, 9.17) is 0 Å². The van der Waals surface area contributed by atoms with Crippen molar-refractivity contribution < 1.29 is 39.7 Å². The molecule has 14 heteroatoms. The highest BCUT2D eigenvalue weighted by Crippen LogP contribution is 2.35. The monoisotopic (exact) mass is 642 g/mol. The lowest BCUT2D eigenvalue weighted by atomic mass is 9.88. The van der Waals surface area contributed by atoms with Crippen LogP contribution in [0.5, 0.6) is 0 Å². The summed E-state index contributed by atoms with van der Waals surface area (Å²) in [7, 11) is 0. The van der Waals surface area contributed by atoms with Crippen LogP contribution in [0.2, 0.25) is 0 Å². The van der Waals surface area contributed by atoms with Gasteiger partial charge in [-0.25, -0.2) is 9.59 Å². The fourth-order valence-electron chi connectivity index (χ4n) is 5.55. The minimum absolute atomic E-state index is 0.184. The van der Waals surface area contributed by atoms with Crippen LogP contribution in [0.3, 0.4) is 0 Å². The number of anilines is 1. The fourth-order valence-corrected chi connectivity index (χ4v) is 5.55. The molecule has 4 aromatic carbocycles. The molecule has 0 saturated heterocycles. The van der Waals surface area contributed by atoms with Crippen molar-refractivity contribution in [3.05, 3.63) is 143 Å². The Bertz CT molecular complexity index is 1840. The summed E-state index contributed by atoms with van der Waals surface area (Å²) in [5.41, 5.74) is 3.32. The maximum Gasteiger partial charge on any atom is 0.336 e.